The SMILES string of the molecule is CC(C)Cn1nccc1CNCc1cnn(CCF)c1.Cl. The van der Waals surface area contributed by atoms with E-state index < -0.39 is 0 Å². The van der Waals surface area contributed by atoms with Gasteiger partial charge in [0.05, 0.1) is 18.4 Å². The average Bonchev–Trinajstić information content (AvgIpc) is 3.00. The number of hydrogen-bond acceptors (Lipinski definition) is 3. The van der Waals surface area contributed by atoms with Crippen molar-refractivity contribution >= 4 is 12.4 Å². The first-order chi connectivity index (χ1) is 9.69. The Bertz CT molecular complexity index is 523. The summed E-state index contributed by atoms with van der Waals surface area (Å²) in [4.78, 5) is 0. The van der Waals surface area contributed by atoms with Crippen molar-refractivity contribution in [3.63, 3.8) is 0 Å². The van der Waals surface area contributed by atoms with Crippen molar-refractivity contribution < 1.29 is 4.39 Å². The fourth-order valence-corrected chi connectivity index (χ4v) is 2.06. The first-order valence-corrected chi connectivity index (χ1v) is 6.97. The van der Waals surface area contributed by atoms with Crippen LogP contribution in [-0.4, -0.2) is 26.2 Å². The van der Waals surface area contributed by atoms with Gasteiger partial charge < -0.3 is 5.32 Å². The van der Waals surface area contributed by atoms with E-state index in [4.69, 9.17) is 0 Å². The van der Waals surface area contributed by atoms with Crippen molar-refractivity contribution in [3.8, 4) is 0 Å². The summed E-state index contributed by atoms with van der Waals surface area (Å²) in [7, 11) is 0. The summed E-state index contributed by atoms with van der Waals surface area (Å²) < 4.78 is 15.8. The van der Waals surface area contributed by atoms with Crippen molar-refractivity contribution in [1.82, 2.24) is 24.9 Å². The van der Waals surface area contributed by atoms with E-state index in [1.807, 2.05) is 23.1 Å². The lowest BCUT2D eigenvalue weighted by Gasteiger charge is -2.10. The highest BCUT2D eigenvalue weighted by Gasteiger charge is 2.04. The van der Waals surface area contributed by atoms with Crippen LogP contribution in [0.15, 0.2) is 24.7 Å². The fraction of sp³-hybridized carbons (Fsp3) is 0.571. The second-order valence-electron chi connectivity index (χ2n) is 5.30. The summed E-state index contributed by atoms with van der Waals surface area (Å²) in [6, 6.07) is 2.03. The van der Waals surface area contributed by atoms with Gasteiger partial charge in [0.2, 0.25) is 0 Å². The summed E-state index contributed by atoms with van der Waals surface area (Å²) in [6.45, 7) is 6.71. The zero-order valence-corrected chi connectivity index (χ0v) is 13.3. The molecule has 0 fully saturated rings. The van der Waals surface area contributed by atoms with Gasteiger partial charge in [0, 0.05) is 37.6 Å². The van der Waals surface area contributed by atoms with Gasteiger partial charge in [-0.25, -0.2) is 4.39 Å². The van der Waals surface area contributed by atoms with Gasteiger partial charge in [0.15, 0.2) is 0 Å². The van der Waals surface area contributed by atoms with Gasteiger partial charge in [-0.1, -0.05) is 13.8 Å². The Balaban J connectivity index is 0.00000220. The van der Waals surface area contributed by atoms with Crippen LogP contribution in [0.5, 0.6) is 0 Å². The summed E-state index contributed by atoms with van der Waals surface area (Å²) in [5.74, 6) is 0.576. The molecular weight excluding hydrogens is 293 g/mol. The van der Waals surface area contributed by atoms with Crippen molar-refractivity contribution in [2.24, 2.45) is 5.92 Å². The number of aromatic nitrogens is 4. The third-order valence-electron chi connectivity index (χ3n) is 2.98. The molecule has 2 rings (SSSR count). The molecule has 0 unspecified atom stereocenters. The summed E-state index contributed by atoms with van der Waals surface area (Å²) in [6.07, 6.45) is 5.48. The minimum atomic E-state index is -0.386. The lowest BCUT2D eigenvalue weighted by Crippen LogP contribution is -2.17. The molecule has 21 heavy (non-hydrogen) atoms. The molecule has 1 N–H and O–H groups in total. The number of nitrogens with zero attached hydrogens (tertiary/aromatic N) is 4. The monoisotopic (exact) mass is 315 g/mol. The second-order valence-corrected chi connectivity index (χ2v) is 5.30. The Kier molecular flexibility index (Phi) is 7.39. The Morgan fingerprint density at radius 2 is 2.10 bits per heavy atom. The third-order valence-corrected chi connectivity index (χ3v) is 2.98. The van der Waals surface area contributed by atoms with E-state index in [2.05, 4.69) is 29.4 Å². The highest BCUT2D eigenvalue weighted by atomic mass is 35.5. The second kappa shape index (κ2) is 8.79. The first-order valence-electron chi connectivity index (χ1n) is 6.97. The molecule has 2 aromatic heterocycles. The number of halogens is 2. The molecule has 5 nitrogen and oxygen atoms in total. The van der Waals surface area contributed by atoms with Crippen molar-refractivity contribution in [1.29, 1.82) is 0 Å². The molecule has 118 valence electrons. The molecule has 0 aliphatic heterocycles. The van der Waals surface area contributed by atoms with E-state index in [1.165, 1.54) is 5.69 Å². The van der Waals surface area contributed by atoms with Crippen molar-refractivity contribution in [2.45, 2.75) is 40.0 Å². The maximum atomic E-state index is 12.2. The van der Waals surface area contributed by atoms with Crippen molar-refractivity contribution in [3.05, 3.63) is 35.9 Å². The van der Waals surface area contributed by atoms with Crippen LogP contribution in [0.4, 0.5) is 4.39 Å². The van der Waals surface area contributed by atoms with E-state index in [0.717, 1.165) is 25.2 Å². The smallest absolute Gasteiger partial charge is 0.109 e. The highest BCUT2D eigenvalue weighted by molar-refractivity contribution is 5.85. The minimum Gasteiger partial charge on any atom is -0.307 e. The normalized spacial score (nSPS) is 10.9. The van der Waals surface area contributed by atoms with E-state index in [0.29, 0.717) is 12.5 Å². The van der Waals surface area contributed by atoms with Crippen molar-refractivity contribution in [2.75, 3.05) is 6.67 Å². The van der Waals surface area contributed by atoms with Gasteiger partial charge >= 0.3 is 0 Å². The molecule has 0 aromatic carbocycles. The molecule has 2 heterocycles. The predicted octanol–water partition coefficient (Wildman–Crippen LogP) is 2.42. The van der Waals surface area contributed by atoms with Crippen LogP contribution in [0.1, 0.15) is 25.1 Å². The van der Waals surface area contributed by atoms with E-state index in [9.17, 15) is 4.39 Å². The van der Waals surface area contributed by atoms with E-state index in [-0.39, 0.29) is 19.1 Å². The summed E-state index contributed by atoms with van der Waals surface area (Å²) in [5.41, 5.74) is 2.24. The van der Waals surface area contributed by atoms with E-state index >= 15 is 0 Å². The Morgan fingerprint density at radius 1 is 1.29 bits per heavy atom. The maximum absolute atomic E-state index is 12.2. The molecular formula is C14H23ClFN5. The van der Waals surface area contributed by atoms with Gasteiger partial charge in [0.1, 0.15) is 6.67 Å². The molecule has 0 aliphatic rings. The van der Waals surface area contributed by atoms with Crippen LogP contribution in [0.3, 0.4) is 0 Å². The van der Waals surface area contributed by atoms with Gasteiger partial charge in [-0.2, -0.15) is 10.2 Å². The molecule has 0 spiro atoms. The quantitative estimate of drug-likeness (QED) is 0.814. The van der Waals surface area contributed by atoms with Crippen LogP contribution < -0.4 is 5.32 Å². The Labute approximate surface area is 130 Å². The number of nitrogens with one attached hydrogen (secondary N) is 1. The van der Waals surface area contributed by atoms with Crippen LogP contribution in [0.2, 0.25) is 0 Å². The molecule has 0 radical (unpaired) electrons. The molecule has 7 heteroatoms. The minimum absolute atomic E-state index is 0. The molecule has 0 amide bonds. The lowest BCUT2D eigenvalue weighted by molar-refractivity contribution is 0.427. The molecule has 0 atom stereocenters. The van der Waals surface area contributed by atoms with Gasteiger partial charge in [-0.05, 0) is 12.0 Å². The predicted molar refractivity (Wildman–Crippen MR) is 83.1 cm³/mol. The molecule has 0 aliphatic carbocycles. The van der Waals surface area contributed by atoms with Crippen LogP contribution in [-0.2, 0) is 26.2 Å². The number of rotatable bonds is 8. The number of alkyl halides is 1. The molecule has 0 saturated heterocycles. The average molecular weight is 316 g/mol. The number of hydrogen-bond donors (Lipinski definition) is 1. The number of aryl methyl sites for hydroxylation is 1. The first kappa shape index (κ1) is 17.7. The largest absolute Gasteiger partial charge is 0.307 e. The maximum Gasteiger partial charge on any atom is 0.109 e. The summed E-state index contributed by atoms with van der Waals surface area (Å²) in [5, 5.41) is 11.8. The zero-order valence-electron chi connectivity index (χ0n) is 12.5. The summed E-state index contributed by atoms with van der Waals surface area (Å²) >= 11 is 0. The van der Waals surface area contributed by atoms with Crippen LogP contribution in [0, 0.1) is 5.92 Å². The van der Waals surface area contributed by atoms with Gasteiger partial charge in [0.25, 0.3) is 0 Å². The van der Waals surface area contributed by atoms with E-state index in [1.54, 1.807) is 10.9 Å². The topological polar surface area (TPSA) is 47.7 Å². The van der Waals surface area contributed by atoms with Crippen LogP contribution in [0.25, 0.3) is 0 Å². The highest BCUT2D eigenvalue weighted by Crippen LogP contribution is 2.04. The fourth-order valence-electron chi connectivity index (χ4n) is 2.06. The van der Waals surface area contributed by atoms with Gasteiger partial charge in [-0.3, -0.25) is 9.36 Å². The Hall–Kier alpha value is -1.40. The standard InChI is InChI=1S/C14H22FN5.ClH/c1-12(2)10-20-14(3-5-17-20)9-16-7-13-8-18-19(11-13)6-4-15;/h3,5,8,11-12,16H,4,6-7,9-10H2,1-2H3;1H. The zero-order chi connectivity index (χ0) is 14.4. The third kappa shape index (κ3) is 5.47. The Morgan fingerprint density at radius 3 is 2.81 bits per heavy atom. The van der Waals surface area contributed by atoms with Crippen LogP contribution >= 0.6 is 12.4 Å². The lowest BCUT2D eigenvalue weighted by atomic mass is 10.2. The molecule has 0 saturated carbocycles. The molecule has 0 bridgehead atoms. The van der Waals surface area contributed by atoms with Gasteiger partial charge in [-0.15, -0.1) is 12.4 Å². The molecule has 2 aromatic rings.